The molecule has 0 saturated heterocycles. The van der Waals surface area contributed by atoms with Gasteiger partial charge in [-0.3, -0.25) is 4.21 Å². The van der Waals surface area contributed by atoms with Crippen molar-refractivity contribution in [2.75, 3.05) is 36.7 Å². The smallest absolute Gasteiger partial charge is 0.121 e. The van der Waals surface area contributed by atoms with E-state index in [9.17, 15) is 4.21 Å². The van der Waals surface area contributed by atoms with Crippen LogP contribution in [-0.2, 0) is 10.1 Å². The third-order valence-corrected chi connectivity index (χ3v) is 3.97. The van der Waals surface area contributed by atoms with Crippen molar-refractivity contribution in [3.63, 3.8) is 0 Å². The Morgan fingerprint density at radius 3 is 2.47 bits per heavy atom. The predicted molar refractivity (Wildman–Crippen MR) is 67.2 cm³/mol. The van der Waals surface area contributed by atoms with Gasteiger partial charge in [0.2, 0.25) is 0 Å². The van der Waals surface area contributed by atoms with Gasteiger partial charge in [0.15, 0.2) is 0 Å². The number of anilines is 2. The van der Waals surface area contributed by atoms with Gasteiger partial charge < -0.3 is 14.8 Å². The van der Waals surface area contributed by atoms with Crippen molar-refractivity contribution in [3.05, 3.63) is 18.2 Å². The summed E-state index contributed by atoms with van der Waals surface area (Å²) in [4.78, 5) is 0. The number of hydrogen-bond donors (Lipinski definition) is 2. The number of benzene rings is 1. The first-order chi connectivity index (χ1) is 6.86. The van der Waals surface area contributed by atoms with E-state index in [1.165, 1.54) is 0 Å². The molecule has 86 valence electrons. The van der Waals surface area contributed by atoms with Gasteiger partial charge in [0.1, 0.15) is 5.75 Å². The topological polar surface area (TPSA) is 55.6 Å². The zero-order chi connectivity index (χ0) is 11.6. The van der Waals surface area contributed by atoms with Gasteiger partial charge in [0.25, 0.3) is 0 Å². The second-order valence-electron chi connectivity index (χ2n) is 3.74. The highest BCUT2D eigenvalue weighted by atomic mass is 32.3. The zero-order valence-corrected chi connectivity index (χ0v) is 10.4. The number of thiol groups is 1. The van der Waals surface area contributed by atoms with E-state index in [-0.39, 0.29) is 0 Å². The highest BCUT2D eigenvalue weighted by molar-refractivity contribution is 8.03. The molecule has 0 amide bonds. The van der Waals surface area contributed by atoms with Crippen LogP contribution in [0.2, 0.25) is 0 Å². The molecule has 0 aliphatic carbocycles. The molecule has 0 unspecified atom stereocenters. The maximum atomic E-state index is 11.9. The SMILES string of the molecule is COc1ccc(N)c(N(C)[SH](C)(C)=O)c1. The quantitative estimate of drug-likeness (QED) is 0.599. The van der Waals surface area contributed by atoms with Gasteiger partial charge in [-0.1, -0.05) is 0 Å². The number of ether oxygens (including phenoxy) is 1. The second kappa shape index (κ2) is 4.10. The first kappa shape index (κ1) is 11.8. The molecule has 0 spiro atoms. The summed E-state index contributed by atoms with van der Waals surface area (Å²) >= 11 is 0. The summed E-state index contributed by atoms with van der Waals surface area (Å²) in [5.41, 5.74) is 7.16. The van der Waals surface area contributed by atoms with Crippen LogP contribution in [0, 0.1) is 0 Å². The molecule has 4 nitrogen and oxygen atoms in total. The molecule has 0 aromatic heterocycles. The Labute approximate surface area is 91.6 Å². The second-order valence-corrected chi connectivity index (χ2v) is 6.93. The Morgan fingerprint density at radius 1 is 1.40 bits per heavy atom. The Balaban J connectivity index is 3.18. The molecule has 5 heteroatoms. The number of hydrogen-bond acceptors (Lipinski definition) is 3. The molecule has 1 aromatic rings. The van der Waals surface area contributed by atoms with Crippen LogP contribution in [0.4, 0.5) is 11.4 Å². The zero-order valence-electron chi connectivity index (χ0n) is 9.52. The molecule has 0 bridgehead atoms. The summed E-state index contributed by atoms with van der Waals surface area (Å²) in [6.45, 7) is 0. The van der Waals surface area contributed by atoms with Gasteiger partial charge >= 0.3 is 0 Å². The molecule has 0 heterocycles. The fourth-order valence-corrected chi connectivity index (χ4v) is 1.88. The third kappa shape index (κ3) is 2.62. The van der Waals surface area contributed by atoms with Crippen molar-refractivity contribution in [2.24, 2.45) is 0 Å². The first-order valence-electron chi connectivity index (χ1n) is 4.59. The van der Waals surface area contributed by atoms with E-state index in [1.54, 1.807) is 49.2 Å². The fraction of sp³-hybridized carbons (Fsp3) is 0.400. The maximum absolute atomic E-state index is 11.9. The van der Waals surface area contributed by atoms with E-state index in [4.69, 9.17) is 10.5 Å². The van der Waals surface area contributed by atoms with Crippen LogP contribution in [0.5, 0.6) is 5.75 Å². The molecule has 0 aliphatic rings. The van der Waals surface area contributed by atoms with Crippen molar-refractivity contribution in [2.45, 2.75) is 0 Å². The molecular weight excluding hydrogens is 212 g/mol. The fourth-order valence-electron chi connectivity index (χ4n) is 1.19. The van der Waals surface area contributed by atoms with Crippen LogP contribution in [0.25, 0.3) is 0 Å². The van der Waals surface area contributed by atoms with Crippen molar-refractivity contribution >= 4 is 21.5 Å². The Morgan fingerprint density at radius 2 is 2.00 bits per heavy atom. The minimum atomic E-state index is -2.34. The van der Waals surface area contributed by atoms with Crippen LogP contribution in [0.1, 0.15) is 0 Å². The minimum absolute atomic E-state index is 0.599. The first-order valence-corrected chi connectivity index (χ1v) is 7.14. The molecule has 1 aromatic carbocycles. The molecule has 15 heavy (non-hydrogen) atoms. The molecule has 1 rings (SSSR count). The van der Waals surface area contributed by atoms with E-state index in [0.717, 1.165) is 5.69 Å². The molecule has 0 radical (unpaired) electrons. The Kier molecular flexibility index (Phi) is 3.24. The standard InChI is InChI=1S/C10H18N2O2S/c1-12(15(3,4)13)10-7-8(14-2)5-6-9(10)11/h5-7,15H,11H2,1-4H3. The lowest BCUT2D eigenvalue weighted by molar-refractivity contribution is 0.415. The maximum Gasteiger partial charge on any atom is 0.121 e. The van der Waals surface area contributed by atoms with Crippen molar-refractivity contribution in [3.8, 4) is 5.75 Å². The van der Waals surface area contributed by atoms with Crippen LogP contribution in [0.3, 0.4) is 0 Å². The van der Waals surface area contributed by atoms with Gasteiger partial charge in [0, 0.05) is 25.6 Å². The Bertz CT molecular complexity index is 400. The van der Waals surface area contributed by atoms with Crippen LogP contribution in [-0.4, -0.2) is 30.9 Å². The molecule has 0 atom stereocenters. The highest BCUT2D eigenvalue weighted by Crippen LogP contribution is 2.29. The number of nitrogens with two attached hydrogens (primary N) is 1. The van der Waals surface area contributed by atoms with Crippen LogP contribution in [0.15, 0.2) is 18.2 Å². The van der Waals surface area contributed by atoms with Crippen molar-refractivity contribution in [1.82, 2.24) is 0 Å². The predicted octanol–water partition coefficient (Wildman–Crippen LogP) is 0.905. The lowest BCUT2D eigenvalue weighted by Crippen LogP contribution is -2.31. The van der Waals surface area contributed by atoms with Crippen molar-refractivity contribution < 1.29 is 8.95 Å². The highest BCUT2D eigenvalue weighted by Gasteiger charge is 2.13. The molecule has 0 aliphatic heterocycles. The normalized spacial score (nSPS) is 12.3. The summed E-state index contributed by atoms with van der Waals surface area (Å²) in [6, 6.07) is 5.32. The summed E-state index contributed by atoms with van der Waals surface area (Å²) in [5.74, 6) is 0.708. The summed E-state index contributed by atoms with van der Waals surface area (Å²) in [6.07, 6.45) is 3.40. The van der Waals surface area contributed by atoms with Gasteiger partial charge in [-0.05, 0) is 22.3 Å². The van der Waals surface area contributed by atoms with Crippen LogP contribution >= 0.6 is 0 Å². The monoisotopic (exact) mass is 230 g/mol. The van der Waals surface area contributed by atoms with Gasteiger partial charge in [-0.2, -0.15) is 0 Å². The minimum Gasteiger partial charge on any atom is -0.497 e. The van der Waals surface area contributed by atoms with Gasteiger partial charge in [-0.15, -0.1) is 0 Å². The van der Waals surface area contributed by atoms with E-state index in [1.807, 2.05) is 0 Å². The average Bonchev–Trinajstić information content (AvgIpc) is 2.16. The molecule has 0 fully saturated rings. The van der Waals surface area contributed by atoms with Crippen molar-refractivity contribution in [1.29, 1.82) is 0 Å². The summed E-state index contributed by atoms with van der Waals surface area (Å²) in [5, 5.41) is 0. The van der Waals surface area contributed by atoms with E-state index in [2.05, 4.69) is 0 Å². The third-order valence-electron chi connectivity index (χ3n) is 2.31. The molecule has 2 N–H and O–H groups in total. The lowest BCUT2D eigenvalue weighted by atomic mass is 10.2. The molecule has 0 saturated carbocycles. The molecular formula is C10H18N2O2S. The average molecular weight is 230 g/mol. The van der Waals surface area contributed by atoms with E-state index in [0.29, 0.717) is 11.4 Å². The van der Waals surface area contributed by atoms with Crippen LogP contribution < -0.4 is 14.8 Å². The summed E-state index contributed by atoms with van der Waals surface area (Å²) in [7, 11) is 1.02. The van der Waals surface area contributed by atoms with Gasteiger partial charge in [0.05, 0.1) is 18.5 Å². The Hall–Kier alpha value is -1.23. The summed E-state index contributed by atoms with van der Waals surface area (Å²) < 4.78 is 18.7. The number of nitrogens with zero attached hydrogens (tertiary/aromatic N) is 1. The lowest BCUT2D eigenvalue weighted by Gasteiger charge is -2.29. The largest absolute Gasteiger partial charge is 0.497 e. The van der Waals surface area contributed by atoms with E-state index < -0.39 is 10.1 Å². The van der Waals surface area contributed by atoms with Gasteiger partial charge in [-0.25, -0.2) is 0 Å². The number of rotatable bonds is 3. The van der Waals surface area contributed by atoms with E-state index >= 15 is 0 Å². The number of nitrogen functional groups attached to an aromatic ring is 1. The number of methoxy groups -OCH3 is 1.